The third kappa shape index (κ3) is 5.16. The monoisotopic (exact) mass is 393 g/mol. The van der Waals surface area contributed by atoms with Gasteiger partial charge in [-0.3, -0.25) is 4.79 Å². The molecule has 2 N–H and O–H groups in total. The molecule has 1 amide bonds. The molecule has 1 aromatic heterocycles. The Morgan fingerprint density at radius 1 is 0.897 bits per heavy atom. The van der Waals surface area contributed by atoms with Crippen LogP contribution in [-0.4, -0.2) is 32.2 Å². The Hall–Kier alpha value is -3.74. The zero-order chi connectivity index (χ0) is 20.6. The molecule has 3 aromatic rings. The molecule has 7 heteroatoms. The Bertz CT molecular complexity index is 957. The molecule has 0 radical (unpaired) electrons. The van der Waals surface area contributed by atoms with E-state index in [9.17, 15) is 4.79 Å². The van der Waals surface area contributed by atoms with Crippen LogP contribution in [0.5, 0.6) is 17.2 Å². The van der Waals surface area contributed by atoms with E-state index in [4.69, 9.17) is 14.2 Å². The average molecular weight is 393 g/mol. The minimum Gasteiger partial charge on any atom is -0.497 e. The van der Waals surface area contributed by atoms with Gasteiger partial charge in [-0.15, -0.1) is 0 Å². The van der Waals surface area contributed by atoms with Gasteiger partial charge in [-0.05, 0) is 42.0 Å². The van der Waals surface area contributed by atoms with E-state index in [1.54, 1.807) is 51.7 Å². The maximum absolute atomic E-state index is 12.6. The second-order valence-corrected chi connectivity index (χ2v) is 6.15. The van der Waals surface area contributed by atoms with E-state index in [2.05, 4.69) is 15.6 Å². The number of amides is 1. The van der Waals surface area contributed by atoms with Crippen molar-refractivity contribution in [3.8, 4) is 17.2 Å². The highest BCUT2D eigenvalue weighted by Crippen LogP contribution is 2.29. The minimum atomic E-state index is -0.286. The summed E-state index contributed by atoms with van der Waals surface area (Å²) in [4.78, 5) is 16.9. The molecule has 0 unspecified atom stereocenters. The topological polar surface area (TPSA) is 81.7 Å². The first-order valence-electron chi connectivity index (χ1n) is 8.99. The summed E-state index contributed by atoms with van der Waals surface area (Å²) in [5.74, 6) is 2.37. The number of anilines is 2. The lowest BCUT2D eigenvalue weighted by atomic mass is 10.2. The van der Waals surface area contributed by atoms with Crippen molar-refractivity contribution in [3.63, 3.8) is 0 Å². The molecule has 1 heterocycles. The van der Waals surface area contributed by atoms with E-state index in [0.717, 1.165) is 11.3 Å². The van der Waals surface area contributed by atoms with Crippen molar-refractivity contribution in [1.29, 1.82) is 0 Å². The van der Waals surface area contributed by atoms with Crippen LogP contribution < -0.4 is 24.8 Å². The van der Waals surface area contributed by atoms with E-state index in [0.29, 0.717) is 35.1 Å². The lowest BCUT2D eigenvalue weighted by Crippen LogP contribution is -2.13. The van der Waals surface area contributed by atoms with Gasteiger partial charge in [0.2, 0.25) is 0 Å². The van der Waals surface area contributed by atoms with E-state index in [-0.39, 0.29) is 5.91 Å². The smallest absolute Gasteiger partial charge is 0.257 e. The molecular weight excluding hydrogens is 370 g/mol. The predicted molar refractivity (Wildman–Crippen MR) is 112 cm³/mol. The van der Waals surface area contributed by atoms with Crippen LogP contribution in [-0.2, 0) is 6.54 Å². The fourth-order valence-electron chi connectivity index (χ4n) is 2.67. The largest absolute Gasteiger partial charge is 0.497 e. The number of hydrogen-bond donors (Lipinski definition) is 2. The highest BCUT2D eigenvalue weighted by atomic mass is 16.5. The van der Waals surface area contributed by atoms with Crippen molar-refractivity contribution in [2.75, 3.05) is 32.0 Å². The SMILES string of the molecule is COc1ccc(CNc2ccc(C(=O)Nc3cc(OC)ccc3OC)cn2)cc1. The van der Waals surface area contributed by atoms with Gasteiger partial charge in [-0.1, -0.05) is 12.1 Å². The number of nitrogens with one attached hydrogen (secondary N) is 2. The Balaban J connectivity index is 1.62. The van der Waals surface area contributed by atoms with Gasteiger partial charge in [-0.2, -0.15) is 0 Å². The molecule has 29 heavy (non-hydrogen) atoms. The summed E-state index contributed by atoms with van der Waals surface area (Å²) in [6.07, 6.45) is 1.53. The van der Waals surface area contributed by atoms with E-state index >= 15 is 0 Å². The predicted octanol–water partition coefficient (Wildman–Crippen LogP) is 3.97. The number of ether oxygens (including phenoxy) is 3. The van der Waals surface area contributed by atoms with Crippen molar-refractivity contribution in [2.45, 2.75) is 6.54 Å². The number of nitrogens with zero attached hydrogens (tertiary/aromatic N) is 1. The minimum absolute atomic E-state index is 0.286. The number of carbonyl (C=O) groups is 1. The second kappa shape index (κ2) is 9.45. The molecule has 7 nitrogen and oxygen atoms in total. The van der Waals surface area contributed by atoms with E-state index < -0.39 is 0 Å². The first-order valence-corrected chi connectivity index (χ1v) is 8.99. The van der Waals surface area contributed by atoms with Gasteiger partial charge < -0.3 is 24.8 Å². The number of aromatic nitrogens is 1. The fraction of sp³-hybridized carbons (Fsp3) is 0.182. The normalized spacial score (nSPS) is 10.2. The number of pyridine rings is 1. The summed E-state index contributed by atoms with van der Waals surface area (Å²) < 4.78 is 15.6. The molecule has 0 fully saturated rings. The van der Waals surface area contributed by atoms with E-state index in [1.165, 1.54) is 6.20 Å². The van der Waals surface area contributed by atoms with Crippen molar-refractivity contribution < 1.29 is 19.0 Å². The highest BCUT2D eigenvalue weighted by Gasteiger charge is 2.11. The third-order valence-electron chi connectivity index (χ3n) is 4.31. The molecule has 0 saturated heterocycles. The molecule has 0 atom stereocenters. The zero-order valence-corrected chi connectivity index (χ0v) is 16.6. The van der Waals surface area contributed by atoms with Gasteiger partial charge in [0.1, 0.15) is 23.1 Å². The molecule has 0 aliphatic rings. The summed E-state index contributed by atoms with van der Waals surface area (Å²) in [5.41, 5.74) is 2.06. The average Bonchev–Trinajstić information content (AvgIpc) is 2.78. The van der Waals surface area contributed by atoms with Crippen LogP contribution in [0.15, 0.2) is 60.8 Å². The first-order chi connectivity index (χ1) is 14.1. The van der Waals surface area contributed by atoms with Crippen LogP contribution in [0.2, 0.25) is 0 Å². The molecule has 0 bridgehead atoms. The Morgan fingerprint density at radius 2 is 1.62 bits per heavy atom. The van der Waals surface area contributed by atoms with Crippen molar-refractivity contribution in [2.24, 2.45) is 0 Å². The van der Waals surface area contributed by atoms with Crippen molar-refractivity contribution >= 4 is 17.4 Å². The van der Waals surface area contributed by atoms with Gasteiger partial charge in [0.15, 0.2) is 0 Å². The summed E-state index contributed by atoms with van der Waals surface area (Å²) in [6, 6.07) is 16.5. The van der Waals surface area contributed by atoms with Crippen LogP contribution in [0.3, 0.4) is 0 Å². The van der Waals surface area contributed by atoms with Crippen LogP contribution in [0.25, 0.3) is 0 Å². The number of carbonyl (C=O) groups excluding carboxylic acids is 1. The molecule has 2 aromatic carbocycles. The number of methoxy groups -OCH3 is 3. The Labute approximate surface area is 169 Å². The highest BCUT2D eigenvalue weighted by molar-refractivity contribution is 6.05. The quantitative estimate of drug-likeness (QED) is 0.603. The maximum atomic E-state index is 12.6. The fourth-order valence-corrected chi connectivity index (χ4v) is 2.67. The zero-order valence-electron chi connectivity index (χ0n) is 16.6. The Morgan fingerprint density at radius 3 is 2.24 bits per heavy atom. The van der Waals surface area contributed by atoms with Gasteiger partial charge in [0.05, 0.1) is 32.6 Å². The van der Waals surface area contributed by atoms with Gasteiger partial charge >= 0.3 is 0 Å². The summed E-state index contributed by atoms with van der Waals surface area (Å²) in [5, 5.41) is 6.05. The van der Waals surface area contributed by atoms with Crippen molar-refractivity contribution in [3.05, 3.63) is 71.9 Å². The lowest BCUT2D eigenvalue weighted by molar-refractivity contribution is 0.102. The van der Waals surface area contributed by atoms with Crippen LogP contribution >= 0.6 is 0 Å². The number of hydrogen-bond acceptors (Lipinski definition) is 6. The number of benzene rings is 2. The molecule has 150 valence electrons. The van der Waals surface area contributed by atoms with Crippen molar-refractivity contribution in [1.82, 2.24) is 4.98 Å². The summed E-state index contributed by atoms with van der Waals surface area (Å²) in [7, 11) is 4.75. The summed E-state index contributed by atoms with van der Waals surface area (Å²) in [6.45, 7) is 0.615. The molecule has 0 aliphatic carbocycles. The first kappa shape index (κ1) is 20.0. The lowest BCUT2D eigenvalue weighted by Gasteiger charge is -2.12. The van der Waals surface area contributed by atoms with Crippen LogP contribution in [0.4, 0.5) is 11.5 Å². The maximum Gasteiger partial charge on any atom is 0.257 e. The van der Waals surface area contributed by atoms with Gasteiger partial charge in [0, 0.05) is 18.8 Å². The summed E-state index contributed by atoms with van der Waals surface area (Å²) >= 11 is 0. The van der Waals surface area contributed by atoms with Gasteiger partial charge in [0.25, 0.3) is 5.91 Å². The molecule has 0 spiro atoms. The Kier molecular flexibility index (Phi) is 6.52. The standard InChI is InChI=1S/C22H23N3O4/c1-27-17-7-4-15(5-8-17)13-23-21-11-6-16(14-24-21)22(26)25-19-12-18(28-2)9-10-20(19)29-3/h4-12,14H,13H2,1-3H3,(H,23,24)(H,25,26). The third-order valence-corrected chi connectivity index (χ3v) is 4.31. The van der Waals surface area contributed by atoms with Gasteiger partial charge in [-0.25, -0.2) is 4.98 Å². The molecule has 0 aliphatic heterocycles. The molecule has 3 rings (SSSR count). The van der Waals surface area contributed by atoms with E-state index in [1.807, 2.05) is 24.3 Å². The number of rotatable bonds is 8. The molecule has 0 saturated carbocycles. The second-order valence-electron chi connectivity index (χ2n) is 6.15. The molecular formula is C22H23N3O4. The van der Waals surface area contributed by atoms with Crippen LogP contribution in [0.1, 0.15) is 15.9 Å². The van der Waals surface area contributed by atoms with Crippen LogP contribution in [0, 0.1) is 0 Å².